The number of allylic oxidation sites excluding steroid dienone is 1. The average molecular weight is 254 g/mol. The lowest BCUT2D eigenvalue weighted by molar-refractivity contribution is -0.159. The summed E-state index contributed by atoms with van der Waals surface area (Å²) in [6, 6.07) is 0. The van der Waals surface area contributed by atoms with Crippen molar-refractivity contribution in [1.82, 2.24) is 0 Å². The number of rotatable bonds is 7. The van der Waals surface area contributed by atoms with E-state index in [0.717, 1.165) is 44.1 Å². The molecule has 0 bridgehead atoms. The van der Waals surface area contributed by atoms with E-state index in [4.69, 9.17) is 9.84 Å². The van der Waals surface area contributed by atoms with Crippen molar-refractivity contribution in [2.75, 3.05) is 0 Å². The van der Waals surface area contributed by atoms with Crippen molar-refractivity contribution in [2.45, 2.75) is 64.4 Å². The maximum atomic E-state index is 11.5. The normalized spacial score (nSPS) is 22.7. The van der Waals surface area contributed by atoms with Crippen LogP contribution in [0.1, 0.15) is 58.8 Å². The minimum Gasteiger partial charge on any atom is -0.481 e. The van der Waals surface area contributed by atoms with Crippen molar-refractivity contribution in [3.8, 4) is 0 Å². The first kappa shape index (κ1) is 14.7. The van der Waals surface area contributed by atoms with E-state index in [1.807, 2.05) is 6.92 Å². The number of aliphatic carboxylic acids is 1. The van der Waals surface area contributed by atoms with Gasteiger partial charge in [0.15, 0.2) is 0 Å². The van der Waals surface area contributed by atoms with Crippen LogP contribution in [-0.2, 0) is 14.3 Å². The molecule has 1 N–H and O–H groups in total. The summed E-state index contributed by atoms with van der Waals surface area (Å²) in [4.78, 5) is 21.9. The molecule has 0 heterocycles. The molecule has 0 fully saturated rings. The Morgan fingerprint density at radius 1 is 1.44 bits per heavy atom. The zero-order valence-corrected chi connectivity index (χ0v) is 11.2. The summed E-state index contributed by atoms with van der Waals surface area (Å²) < 4.78 is 5.36. The summed E-state index contributed by atoms with van der Waals surface area (Å²) in [6.45, 7) is 4.03. The molecule has 0 aromatic carbocycles. The summed E-state index contributed by atoms with van der Waals surface area (Å²) in [6.07, 6.45) is 7.58. The zero-order chi connectivity index (χ0) is 13.6. The first-order valence-corrected chi connectivity index (χ1v) is 6.61. The number of hydrogen-bond acceptors (Lipinski definition) is 3. The second-order valence-corrected chi connectivity index (χ2v) is 5.00. The van der Waals surface area contributed by atoms with Gasteiger partial charge in [0, 0.05) is 0 Å². The van der Waals surface area contributed by atoms with E-state index >= 15 is 0 Å². The molecule has 1 rings (SSSR count). The molecule has 1 aliphatic carbocycles. The Bertz CT molecular complexity index is 346. The molecule has 0 aromatic heterocycles. The van der Waals surface area contributed by atoms with Crippen LogP contribution in [0.5, 0.6) is 0 Å². The van der Waals surface area contributed by atoms with Crippen LogP contribution in [0.15, 0.2) is 11.6 Å². The van der Waals surface area contributed by atoms with Crippen LogP contribution in [0.3, 0.4) is 0 Å². The van der Waals surface area contributed by atoms with E-state index < -0.39 is 24.0 Å². The number of unbranched alkanes of at least 4 members (excludes halogenated alkanes) is 2. The first-order valence-electron chi connectivity index (χ1n) is 6.61. The van der Waals surface area contributed by atoms with Crippen molar-refractivity contribution in [1.29, 1.82) is 0 Å². The molecular weight excluding hydrogens is 232 g/mol. The molecule has 0 saturated heterocycles. The lowest BCUT2D eigenvalue weighted by Gasteiger charge is -2.28. The van der Waals surface area contributed by atoms with E-state index in [9.17, 15) is 9.59 Å². The van der Waals surface area contributed by atoms with Gasteiger partial charge < -0.3 is 9.84 Å². The summed E-state index contributed by atoms with van der Waals surface area (Å²) in [5, 5.41) is 8.57. The molecule has 0 spiro atoms. The Balaban J connectivity index is 2.53. The van der Waals surface area contributed by atoms with Crippen molar-refractivity contribution in [3.05, 3.63) is 11.6 Å². The van der Waals surface area contributed by atoms with Crippen LogP contribution in [-0.4, -0.2) is 22.6 Å². The molecule has 18 heavy (non-hydrogen) atoms. The highest BCUT2D eigenvalue weighted by molar-refractivity contribution is 5.90. The Hall–Kier alpha value is -1.32. The highest BCUT2D eigenvalue weighted by Gasteiger charge is 2.36. The molecule has 0 saturated carbocycles. The van der Waals surface area contributed by atoms with Gasteiger partial charge in [-0.2, -0.15) is 0 Å². The average Bonchev–Trinajstić information content (AvgIpc) is 2.59. The third-order valence-electron chi connectivity index (χ3n) is 3.38. The zero-order valence-electron chi connectivity index (χ0n) is 11.2. The van der Waals surface area contributed by atoms with Gasteiger partial charge in [0.05, 0.1) is 0 Å². The van der Waals surface area contributed by atoms with Gasteiger partial charge in [-0.05, 0) is 38.2 Å². The maximum absolute atomic E-state index is 11.5. The number of carboxylic acids is 1. The van der Waals surface area contributed by atoms with Crippen molar-refractivity contribution in [3.63, 3.8) is 0 Å². The molecule has 0 aromatic rings. The minimum absolute atomic E-state index is 0.558. The lowest BCUT2D eigenvalue weighted by atomic mass is 9.93. The number of ether oxygens (including phenoxy) is 1. The van der Waals surface area contributed by atoms with Crippen LogP contribution in [0.4, 0.5) is 0 Å². The smallest absolute Gasteiger partial charge is 0.318 e. The van der Waals surface area contributed by atoms with Gasteiger partial charge in [0.2, 0.25) is 0 Å². The van der Waals surface area contributed by atoms with Crippen LogP contribution in [0, 0.1) is 0 Å². The van der Waals surface area contributed by atoms with E-state index in [0.29, 0.717) is 0 Å². The SMILES string of the molecule is CCCCCC1=CCC[C@@]1(C)OC(=O)CC(=O)O. The first-order chi connectivity index (χ1) is 8.48. The van der Waals surface area contributed by atoms with Crippen molar-refractivity contribution < 1.29 is 19.4 Å². The van der Waals surface area contributed by atoms with E-state index in [2.05, 4.69) is 13.0 Å². The largest absolute Gasteiger partial charge is 0.481 e. The maximum Gasteiger partial charge on any atom is 0.318 e. The molecule has 0 aliphatic heterocycles. The van der Waals surface area contributed by atoms with E-state index in [1.165, 1.54) is 0 Å². The van der Waals surface area contributed by atoms with Crippen LogP contribution >= 0.6 is 0 Å². The third kappa shape index (κ3) is 4.17. The lowest BCUT2D eigenvalue weighted by Crippen LogP contribution is -2.32. The Morgan fingerprint density at radius 2 is 2.17 bits per heavy atom. The molecule has 1 atom stereocenters. The van der Waals surface area contributed by atoms with Crippen LogP contribution in [0.2, 0.25) is 0 Å². The fourth-order valence-corrected chi connectivity index (χ4v) is 2.36. The standard InChI is InChI=1S/C14H22O4/c1-3-4-5-7-11-8-6-9-14(11,2)18-13(17)10-12(15)16/h8H,3-7,9-10H2,1-2H3,(H,15,16)/t14-/m1/s1. The molecule has 0 unspecified atom stereocenters. The van der Waals surface area contributed by atoms with Gasteiger partial charge in [-0.1, -0.05) is 25.8 Å². The highest BCUT2D eigenvalue weighted by Crippen LogP contribution is 2.37. The molecule has 4 nitrogen and oxygen atoms in total. The van der Waals surface area contributed by atoms with E-state index in [-0.39, 0.29) is 0 Å². The molecule has 102 valence electrons. The minimum atomic E-state index is -1.14. The Labute approximate surface area is 108 Å². The van der Waals surface area contributed by atoms with Crippen molar-refractivity contribution >= 4 is 11.9 Å². The Morgan fingerprint density at radius 3 is 2.78 bits per heavy atom. The quantitative estimate of drug-likeness (QED) is 0.328. The van der Waals surface area contributed by atoms with Gasteiger partial charge in [0.1, 0.15) is 12.0 Å². The number of carboxylic acid groups (broad SMARTS) is 1. The number of hydrogen-bond donors (Lipinski definition) is 1. The number of esters is 1. The molecule has 0 radical (unpaired) electrons. The topological polar surface area (TPSA) is 63.6 Å². The van der Waals surface area contributed by atoms with E-state index in [1.54, 1.807) is 0 Å². The van der Waals surface area contributed by atoms with Gasteiger partial charge >= 0.3 is 11.9 Å². The Kier molecular flexibility index (Phi) is 5.38. The predicted molar refractivity (Wildman–Crippen MR) is 68.2 cm³/mol. The summed E-state index contributed by atoms with van der Waals surface area (Å²) in [5.74, 6) is -1.79. The van der Waals surface area contributed by atoms with Crippen LogP contribution in [0.25, 0.3) is 0 Å². The van der Waals surface area contributed by atoms with Crippen LogP contribution < -0.4 is 0 Å². The fraction of sp³-hybridized carbons (Fsp3) is 0.714. The van der Waals surface area contributed by atoms with Crippen molar-refractivity contribution in [2.24, 2.45) is 0 Å². The van der Waals surface area contributed by atoms with Gasteiger partial charge in [-0.3, -0.25) is 9.59 Å². The van der Waals surface area contributed by atoms with Gasteiger partial charge in [0.25, 0.3) is 0 Å². The highest BCUT2D eigenvalue weighted by atomic mass is 16.6. The molecular formula is C14H22O4. The summed E-state index contributed by atoms with van der Waals surface area (Å²) in [7, 11) is 0. The van der Waals surface area contributed by atoms with Gasteiger partial charge in [-0.15, -0.1) is 0 Å². The summed E-state index contributed by atoms with van der Waals surface area (Å²) >= 11 is 0. The third-order valence-corrected chi connectivity index (χ3v) is 3.38. The number of carbonyl (C=O) groups is 2. The predicted octanol–water partition coefficient (Wildman–Crippen LogP) is 3.06. The second kappa shape index (κ2) is 6.57. The molecule has 1 aliphatic rings. The molecule has 4 heteroatoms. The second-order valence-electron chi connectivity index (χ2n) is 5.00. The van der Waals surface area contributed by atoms with Gasteiger partial charge in [-0.25, -0.2) is 0 Å². The molecule has 0 amide bonds. The summed E-state index contributed by atoms with van der Waals surface area (Å²) in [5.41, 5.74) is 0.565. The fourth-order valence-electron chi connectivity index (χ4n) is 2.36. The monoisotopic (exact) mass is 254 g/mol. The number of carbonyl (C=O) groups excluding carboxylic acids is 1.